The maximum atomic E-state index is 4.74. The van der Waals surface area contributed by atoms with Gasteiger partial charge in [0.1, 0.15) is 0 Å². The lowest BCUT2D eigenvalue weighted by Gasteiger charge is -2.44. The average molecular weight is 451 g/mol. The van der Waals surface area contributed by atoms with E-state index in [0.717, 1.165) is 5.57 Å². The molecule has 0 saturated carbocycles. The van der Waals surface area contributed by atoms with Crippen LogP contribution < -0.4 is 0 Å². The van der Waals surface area contributed by atoms with Crippen LogP contribution in [0.25, 0.3) is 21.9 Å². The summed E-state index contributed by atoms with van der Waals surface area (Å²) in [7, 11) is 0. The van der Waals surface area contributed by atoms with E-state index in [1.165, 1.54) is 60.9 Å². The Balaban J connectivity index is 1.68. The molecule has 0 radical (unpaired) electrons. The van der Waals surface area contributed by atoms with E-state index >= 15 is 0 Å². The summed E-state index contributed by atoms with van der Waals surface area (Å²) in [5, 5.41) is 2.53. The molecular formula is C35H30. The van der Waals surface area contributed by atoms with Crippen molar-refractivity contribution >= 4 is 21.9 Å². The molecule has 2 aliphatic rings. The summed E-state index contributed by atoms with van der Waals surface area (Å²) in [4.78, 5) is 0. The third-order valence-corrected chi connectivity index (χ3v) is 8.01. The van der Waals surface area contributed by atoms with Gasteiger partial charge >= 0.3 is 0 Å². The van der Waals surface area contributed by atoms with Crippen molar-refractivity contribution in [1.82, 2.24) is 0 Å². The Morgan fingerprint density at radius 2 is 1.20 bits per heavy atom. The first kappa shape index (κ1) is 21.6. The minimum Gasteiger partial charge on any atom is -0.0980 e. The Bertz CT molecular complexity index is 1550. The molecule has 0 amide bonds. The molecule has 0 aromatic heterocycles. The Morgan fingerprint density at radius 1 is 0.600 bits per heavy atom. The van der Waals surface area contributed by atoms with Crippen LogP contribution in [-0.4, -0.2) is 0 Å². The van der Waals surface area contributed by atoms with Crippen LogP contribution in [0.5, 0.6) is 0 Å². The summed E-state index contributed by atoms with van der Waals surface area (Å²) in [5.41, 5.74) is 12.6. The molecule has 6 rings (SSSR count). The van der Waals surface area contributed by atoms with Crippen molar-refractivity contribution in [2.75, 3.05) is 0 Å². The molecule has 3 unspecified atom stereocenters. The highest BCUT2D eigenvalue weighted by Crippen LogP contribution is 2.59. The number of hydrogen-bond donors (Lipinski definition) is 0. The predicted octanol–water partition coefficient (Wildman–Crippen LogP) is 9.26. The van der Waals surface area contributed by atoms with E-state index in [1.54, 1.807) is 0 Å². The Labute approximate surface area is 208 Å². The predicted molar refractivity (Wildman–Crippen MR) is 150 cm³/mol. The van der Waals surface area contributed by atoms with Crippen LogP contribution in [0.2, 0.25) is 0 Å². The van der Waals surface area contributed by atoms with Crippen molar-refractivity contribution in [3.63, 3.8) is 0 Å². The van der Waals surface area contributed by atoms with Crippen LogP contribution in [0.1, 0.15) is 46.6 Å². The second-order valence-corrected chi connectivity index (χ2v) is 10.1. The fourth-order valence-electron chi connectivity index (χ4n) is 6.27. The molecule has 0 bridgehead atoms. The summed E-state index contributed by atoms with van der Waals surface area (Å²) in [5.74, 6) is 0.394. The van der Waals surface area contributed by atoms with E-state index in [9.17, 15) is 0 Å². The number of rotatable bonds is 2. The first-order chi connectivity index (χ1) is 17.0. The van der Waals surface area contributed by atoms with Gasteiger partial charge in [0, 0.05) is 17.8 Å². The molecule has 0 saturated heterocycles. The molecule has 0 fully saturated rings. The molecule has 3 atom stereocenters. The largest absolute Gasteiger partial charge is 0.0980 e. The van der Waals surface area contributed by atoms with Gasteiger partial charge in [-0.05, 0) is 74.4 Å². The van der Waals surface area contributed by atoms with E-state index in [2.05, 4.69) is 111 Å². The SMILES string of the molecule is C=C1c2cc3cc(C)ccc3cc2C2=C(C1C)C(c1ccccc1)C(=C)C(c1ccccc1)C2=C. The van der Waals surface area contributed by atoms with Gasteiger partial charge in [-0.25, -0.2) is 0 Å². The molecule has 4 aromatic rings. The Morgan fingerprint density at radius 3 is 1.86 bits per heavy atom. The van der Waals surface area contributed by atoms with Crippen LogP contribution in [0.15, 0.2) is 127 Å². The van der Waals surface area contributed by atoms with Crippen LogP contribution in [0, 0.1) is 12.8 Å². The van der Waals surface area contributed by atoms with E-state index in [0.29, 0.717) is 0 Å². The maximum absolute atomic E-state index is 4.74. The second-order valence-electron chi connectivity index (χ2n) is 10.1. The van der Waals surface area contributed by atoms with Crippen LogP contribution >= 0.6 is 0 Å². The van der Waals surface area contributed by atoms with Crippen LogP contribution in [-0.2, 0) is 0 Å². The van der Waals surface area contributed by atoms with Crippen molar-refractivity contribution in [1.29, 1.82) is 0 Å². The zero-order chi connectivity index (χ0) is 24.3. The Hall–Kier alpha value is -3.90. The van der Waals surface area contributed by atoms with Gasteiger partial charge in [0.25, 0.3) is 0 Å². The Kier molecular flexibility index (Phi) is 5.00. The van der Waals surface area contributed by atoms with Crippen LogP contribution in [0.4, 0.5) is 0 Å². The van der Waals surface area contributed by atoms with Gasteiger partial charge < -0.3 is 0 Å². The minimum atomic E-state index is 0.0697. The lowest BCUT2D eigenvalue weighted by molar-refractivity contribution is 0.705. The van der Waals surface area contributed by atoms with Crippen molar-refractivity contribution in [2.24, 2.45) is 5.92 Å². The summed E-state index contributed by atoms with van der Waals surface area (Å²) in [6, 6.07) is 33.0. The molecule has 4 aromatic carbocycles. The van der Waals surface area contributed by atoms with Gasteiger partial charge in [0.2, 0.25) is 0 Å². The van der Waals surface area contributed by atoms with E-state index < -0.39 is 0 Å². The molecule has 0 N–H and O–H groups in total. The minimum absolute atomic E-state index is 0.0697. The molecule has 35 heavy (non-hydrogen) atoms. The van der Waals surface area contributed by atoms with Crippen molar-refractivity contribution in [3.05, 3.63) is 155 Å². The summed E-state index contributed by atoms with van der Waals surface area (Å²) < 4.78 is 0. The number of fused-ring (bicyclic) bond motifs is 3. The van der Waals surface area contributed by atoms with Crippen molar-refractivity contribution in [3.8, 4) is 0 Å². The second kappa shape index (κ2) is 8.10. The first-order valence-corrected chi connectivity index (χ1v) is 12.4. The average Bonchev–Trinajstić information content (AvgIpc) is 2.87. The molecule has 170 valence electrons. The molecule has 0 spiro atoms. The normalized spacial score (nSPS) is 21.8. The highest BCUT2D eigenvalue weighted by Gasteiger charge is 2.42. The molecule has 0 heteroatoms. The number of benzene rings is 4. The fraction of sp³-hybridized carbons (Fsp3) is 0.143. The monoisotopic (exact) mass is 450 g/mol. The molecule has 0 aliphatic heterocycles. The fourth-order valence-corrected chi connectivity index (χ4v) is 6.27. The van der Waals surface area contributed by atoms with E-state index in [4.69, 9.17) is 13.2 Å². The smallest absolute Gasteiger partial charge is 0.0305 e. The lowest BCUT2D eigenvalue weighted by atomic mass is 9.59. The third kappa shape index (κ3) is 3.28. The summed E-state index contributed by atoms with van der Waals surface area (Å²) in [6.45, 7) is 18.5. The number of hydrogen-bond acceptors (Lipinski definition) is 0. The molecule has 0 nitrogen and oxygen atoms in total. The van der Waals surface area contributed by atoms with Crippen LogP contribution in [0.3, 0.4) is 0 Å². The number of allylic oxidation sites excluding steroid dienone is 5. The molecule has 2 aliphatic carbocycles. The van der Waals surface area contributed by atoms with Crippen molar-refractivity contribution in [2.45, 2.75) is 25.7 Å². The van der Waals surface area contributed by atoms with Gasteiger partial charge in [-0.2, -0.15) is 0 Å². The van der Waals surface area contributed by atoms with Gasteiger partial charge in [-0.1, -0.05) is 117 Å². The molecular weight excluding hydrogens is 420 g/mol. The summed E-state index contributed by atoms with van der Waals surface area (Å²) in [6.07, 6.45) is 0. The topological polar surface area (TPSA) is 0 Å². The maximum Gasteiger partial charge on any atom is 0.0305 e. The highest BCUT2D eigenvalue weighted by molar-refractivity contribution is 6.01. The van der Waals surface area contributed by atoms with Gasteiger partial charge in [-0.15, -0.1) is 0 Å². The quantitative estimate of drug-likeness (QED) is 0.267. The zero-order valence-corrected chi connectivity index (χ0v) is 20.5. The van der Waals surface area contributed by atoms with Gasteiger partial charge in [-0.3, -0.25) is 0 Å². The summed E-state index contributed by atoms with van der Waals surface area (Å²) >= 11 is 0. The first-order valence-electron chi connectivity index (χ1n) is 12.4. The zero-order valence-electron chi connectivity index (χ0n) is 20.5. The van der Waals surface area contributed by atoms with Gasteiger partial charge in [0.15, 0.2) is 0 Å². The third-order valence-electron chi connectivity index (χ3n) is 8.01. The standard InChI is InChI=1S/C35H30/c1-21-16-17-28-19-31-30(20-29(28)18-21)22(2)23(3)35-33(27-14-10-7-11-15-27)24(4)32(25(5)34(31)35)26-12-8-6-9-13-26/h6-20,23,32-33H,2,4-5H2,1,3H3. The highest BCUT2D eigenvalue weighted by atomic mass is 14.5. The van der Waals surface area contributed by atoms with Crippen molar-refractivity contribution < 1.29 is 0 Å². The number of aryl methyl sites for hydroxylation is 1. The lowest BCUT2D eigenvalue weighted by Crippen LogP contribution is -2.28. The van der Waals surface area contributed by atoms with E-state index in [1.807, 2.05) is 0 Å². The van der Waals surface area contributed by atoms with Gasteiger partial charge in [0.05, 0.1) is 0 Å². The van der Waals surface area contributed by atoms with E-state index in [-0.39, 0.29) is 17.8 Å². The molecule has 0 heterocycles.